The molecule has 68 valence electrons. The number of hydrogen-bond acceptors (Lipinski definition) is 2. The third-order valence-electron chi connectivity index (χ3n) is 2.00. The minimum absolute atomic E-state index is 0. The van der Waals surface area contributed by atoms with Crippen molar-refractivity contribution in [1.82, 2.24) is 0 Å². The molecule has 0 saturated carbocycles. The zero-order chi connectivity index (χ0) is 9.10. The van der Waals surface area contributed by atoms with E-state index in [0.29, 0.717) is 6.61 Å². The Morgan fingerprint density at radius 1 is 1.36 bits per heavy atom. The largest absolute Gasteiger partial charge is 1.00 e. The van der Waals surface area contributed by atoms with E-state index in [1.54, 1.807) is 0 Å². The number of carbonyl (C=O) groups is 1. The third kappa shape index (κ3) is 2.80. The normalized spacial score (nSPS) is 19.4. The predicted molar refractivity (Wildman–Crippen MR) is 48.6 cm³/mol. The topological polar surface area (TPSA) is 40.4 Å². The number of ether oxygens (including phenoxy) is 1. The maximum atomic E-state index is 10.7. The molecule has 1 amide bonds. The van der Waals surface area contributed by atoms with Crippen molar-refractivity contribution in [2.75, 3.05) is 6.61 Å². The second-order valence-electron chi connectivity index (χ2n) is 3.05. The number of benzene rings is 1. The van der Waals surface area contributed by atoms with Crippen LogP contribution in [0.25, 0.3) is 5.32 Å². The van der Waals surface area contributed by atoms with E-state index in [1.165, 1.54) is 5.56 Å². The number of hydrogen-bond donors (Lipinski definition) is 0. The van der Waals surface area contributed by atoms with Crippen molar-refractivity contribution in [3.63, 3.8) is 0 Å². The Balaban J connectivity index is 0.000000980. The van der Waals surface area contributed by atoms with Crippen molar-refractivity contribution in [3.05, 3.63) is 41.2 Å². The van der Waals surface area contributed by atoms with Crippen molar-refractivity contribution in [2.45, 2.75) is 12.5 Å². The van der Waals surface area contributed by atoms with E-state index in [1.807, 2.05) is 30.3 Å². The minimum atomic E-state index is -0.430. The smallest absolute Gasteiger partial charge is 0.612 e. The molecule has 3 nitrogen and oxygen atoms in total. The number of rotatable bonds is 2. The van der Waals surface area contributed by atoms with Crippen LogP contribution in [0.1, 0.15) is 5.56 Å². The molecule has 0 aliphatic carbocycles. The molecule has 0 N–H and O–H groups in total. The Bertz CT molecular complexity index is 302. The number of nitrogens with zero attached hydrogens (tertiary/aromatic N) is 1. The summed E-state index contributed by atoms with van der Waals surface area (Å²) in [6.45, 7) is 0.424. The fourth-order valence-corrected chi connectivity index (χ4v) is 1.38. The molecule has 14 heavy (non-hydrogen) atoms. The van der Waals surface area contributed by atoms with Crippen molar-refractivity contribution in [1.29, 1.82) is 0 Å². The summed E-state index contributed by atoms with van der Waals surface area (Å²) in [7, 11) is 0. The summed E-state index contributed by atoms with van der Waals surface area (Å²) in [5, 5.41) is 3.82. The van der Waals surface area contributed by atoms with Crippen LogP contribution < -0.4 is 18.9 Å². The Labute approximate surface area is 95.0 Å². The second-order valence-corrected chi connectivity index (χ2v) is 3.05. The van der Waals surface area contributed by atoms with Crippen LogP contribution in [0.4, 0.5) is 4.79 Å². The van der Waals surface area contributed by atoms with Gasteiger partial charge in [0.1, 0.15) is 0 Å². The van der Waals surface area contributed by atoms with Crippen molar-refractivity contribution in [2.24, 2.45) is 0 Å². The van der Waals surface area contributed by atoms with Gasteiger partial charge >= 0.3 is 18.9 Å². The molecule has 0 spiro atoms. The molecule has 1 aromatic rings. The van der Waals surface area contributed by atoms with Crippen LogP contribution in [0, 0.1) is 0 Å². The van der Waals surface area contributed by atoms with Gasteiger partial charge in [-0.05, 0) is 12.0 Å². The first-order valence-corrected chi connectivity index (χ1v) is 4.26. The van der Waals surface area contributed by atoms with E-state index in [9.17, 15) is 4.79 Å². The van der Waals surface area contributed by atoms with Crippen LogP contribution in [0.5, 0.6) is 0 Å². The van der Waals surface area contributed by atoms with Gasteiger partial charge in [0.25, 0.3) is 0 Å². The summed E-state index contributed by atoms with van der Waals surface area (Å²) >= 11 is 0. The molecule has 0 aromatic heterocycles. The van der Waals surface area contributed by atoms with E-state index in [-0.39, 0.29) is 24.9 Å². The van der Waals surface area contributed by atoms with Gasteiger partial charge < -0.3 is 10.1 Å². The fraction of sp³-hybridized carbons (Fsp3) is 0.300. The zero-order valence-corrected chi connectivity index (χ0v) is 8.14. The summed E-state index contributed by atoms with van der Waals surface area (Å²) in [4.78, 5) is 10.7. The van der Waals surface area contributed by atoms with Gasteiger partial charge in [0, 0.05) is 0 Å². The van der Waals surface area contributed by atoms with Gasteiger partial charge in [-0.2, -0.15) is 0 Å². The summed E-state index contributed by atoms with van der Waals surface area (Å²) in [5.74, 6) is 0. The summed E-state index contributed by atoms with van der Waals surface area (Å²) < 4.78 is 4.73. The van der Waals surface area contributed by atoms with Crippen molar-refractivity contribution < 1.29 is 28.4 Å². The predicted octanol–water partition coefficient (Wildman–Crippen LogP) is -0.874. The molecular formula is C10H10LiNO2. The molecule has 2 rings (SSSR count). The molecular weight excluding hydrogens is 173 g/mol. The minimum Gasteiger partial charge on any atom is -0.612 e. The molecule has 0 bridgehead atoms. The Morgan fingerprint density at radius 2 is 2.07 bits per heavy atom. The fourth-order valence-electron chi connectivity index (χ4n) is 1.38. The molecule has 0 unspecified atom stereocenters. The quantitative estimate of drug-likeness (QED) is 0.559. The van der Waals surface area contributed by atoms with Crippen LogP contribution in [0.15, 0.2) is 30.3 Å². The molecule has 1 aliphatic heterocycles. The van der Waals surface area contributed by atoms with E-state index >= 15 is 0 Å². The van der Waals surface area contributed by atoms with E-state index in [0.717, 1.165) is 6.42 Å². The Morgan fingerprint density at radius 3 is 2.64 bits per heavy atom. The average Bonchev–Trinajstić information content (AvgIpc) is 2.53. The molecule has 1 atom stereocenters. The first kappa shape index (κ1) is 11.2. The Hall–Kier alpha value is -0.913. The first-order valence-electron chi connectivity index (χ1n) is 4.26. The van der Waals surface area contributed by atoms with Crippen LogP contribution in [-0.4, -0.2) is 18.7 Å². The number of carbonyl (C=O) groups excluding carboxylic acids is 1. The summed E-state index contributed by atoms with van der Waals surface area (Å²) in [5.41, 5.74) is 1.19. The third-order valence-corrected chi connectivity index (χ3v) is 2.00. The van der Waals surface area contributed by atoms with Gasteiger partial charge in [0.05, 0.1) is 6.61 Å². The molecule has 1 saturated heterocycles. The molecule has 1 aliphatic rings. The van der Waals surface area contributed by atoms with E-state index in [2.05, 4.69) is 5.32 Å². The molecule has 0 radical (unpaired) electrons. The van der Waals surface area contributed by atoms with Crippen molar-refractivity contribution in [3.8, 4) is 0 Å². The zero-order valence-electron chi connectivity index (χ0n) is 8.14. The molecule has 1 aromatic carbocycles. The Kier molecular flexibility index (Phi) is 4.06. The second kappa shape index (κ2) is 5.09. The molecule has 4 heteroatoms. The van der Waals surface area contributed by atoms with Gasteiger partial charge in [0.2, 0.25) is 6.09 Å². The number of cyclic esters (lactones) is 1. The van der Waals surface area contributed by atoms with Crippen LogP contribution in [-0.2, 0) is 11.2 Å². The summed E-state index contributed by atoms with van der Waals surface area (Å²) in [6, 6.07) is 9.99. The number of amides is 1. The van der Waals surface area contributed by atoms with Crippen LogP contribution >= 0.6 is 0 Å². The van der Waals surface area contributed by atoms with E-state index < -0.39 is 6.09 Å². The van der Waals surface area contributed by atoms with Gasteiger partial charge in [-0.3, -0.25) is 4.79 Å². The monoisotopic (exact) mass is 183 g/mol. The SMILES string of the molecule is O=C1[N-][C@H](Cc2ccccc2)CO1.[Li+]. The van der Waals surface area contributed by atoms with Crippen LogP contribution in [0.3, 0.4) is 0 Å². The molecule has 1 fully saturated rings. The standard InChI is InChI=1S/C10H11NO2.Li/c12-10-11-9(7-13-10)6-8-4-2-1-3-5-8;/h1-5,9H,6-7H2,(H,11,12);/q;+1/p-1/t9-;/m1./s1. The summed E-state index contributed by atoms with van der Waals surface area (Å²) in [6.07, 6.45) is 0.355. The van der Waals surface area contributed by atoms with Gasteiger partial charge in [-0.1, -0.05) is 36.4 Å². The van der Waals surface area contributed by atoms with Gasteiger partial charge in [-0.25, -0.2) is 0 Å². The molecule has 1 heterocycles. The van der Waals surface area contributed by atoms with Crippen molar-refractivity contribution >= 4 is 6.09 Å². The maximum absolute atomic E-state index is 10.7. The average molecular weight is 183 g/mol. The van der Waals surface area contributed by atoms with E-state index in [4.69, 9.17) is 4.74 Å². The first-order chi connectivity index (χ1) is 6.34. The van der Waals surface area contributed by atoms with Crippen LogP contribution in [0.2, 0.25) is 0 Å². The maximum Gasteiger partial charge on any atom is 1.00 e. The van der Waals surface area contributed by atoms with Gasteiger partial charge in [-0.15, -0.1) is 0 Å². The van der Waals surface area contributed by atoms with Gasteiger partial charge in [0.15, 0.2) is 0 Å².